The van der Waals surface area contributed by atoms with Gasteiger partial charge in [0.25, 0.3) is 0 Å². The van der Waals surface area contributed by atoms with Crippen molar-refractivity contribution in [3.05, 3.63) is 42.0 Å². The van der Waals surface area contributed by atoms with Crippen molar-refractivity contribution < 1.29 is 19.4 Å². The van der Waals surface area contributed by atoms with Gasteiger partial charge in [-0.15, -0.1) is 0 Å². The number of hydrogen-bond donors (Lipinski definition) is 1. The first kappa shape index (κ1) is 14.8. The summed E-state index contributed by atoms with van der Waals surface area (Å²) in [5, 5.41) is 11.1. The van der Waals surface area contributed by atoms with Crippen LogP contribution in [0.25, 0.3) is 10.8 Å². The van der Waals surface area contributed by atoms with E-state index >= 15 is 0 Å². The van der Waals surface area contributed by atoms with Gasteiger partial charge in [0.2, 0.25) is 6.41 Å². The summed E-state index contributed by atoms with van der Waals surface area (Å²) in [7, 11) is 1.57. The number of amides is 1. The minimum atomic E-state index is -1.06. The van der Waals surface area contributed by atoms with Crippen LogP contribution < -0.4 is 4.74 Å². The average Bonchev–Trinajstić information content (AvgIpc) is 2.51. The summed E-state index contributed by atoms with van der Waals surface area (Å²) >= 11 is 0. The van der Waals surface area contributed by atoms with Crippen LogP contribution in [0.4, 0.5) is 0 Å². The zero-order chi connectivity index (χ0) is 15.4. The van der Waals surface area contributed by atoms with Gasteiger partial charge in [-0.3, -0.25) is 4.79 Å². The molecule has 5 heteroatoms. The van der Waals surface area contributed by atoms with E-state index in [0.717, 1.165) is 10.8 Å². The highest BCUT2D eigenvalue weighted by molar-refractivity contribution is 5.94. The summed E-state index contributed by atoms with van der Waals surface area (Å²) in [6.07, 6.45) is 0.567. The normalized spacial score (nSPS) is 11.9. The quantitative estimate of drug-likeness (QED) is 0.829. The number of aliphatic carboxylic acids is 1. The van der Waals surface area contributed by atoms with Crippen LogP contribution in [0.15, 0.2) is 36.4 Å². The maximum atomic E-state index is 11.6. The smallest absolute Gasteiger partial charge is 0.331 e. The highest BCUT2D eigenvalue weighted by Crippen LogP contribution is 2.33. The first-order valence-corrected chi connectivity index (χ1v) is 6.63. The summed E-state index contributed by atoms with van der Waals surface area (Å²) in [5.74, 6) is -0.382. The van der Waals surface area contributed by atoms with Crippen molar-refractivity contribution >= 4 is 23.2 Å². The van der Waals surface area contributed by atoms with Crippen molar-refractivity contribution in [2.24, 2.45) is 0 Å². The van der Waals surface area contributed by atoms with Gasteiger partial charge in [0.05, 0.1) is 7.11 Å². The van der Waals surface area contributed by atoms with E-state index in [4.69, 9.17) is 4.74 Å². The van der Waals surface area contributed by atoms with Crippen molar-refractivity contribution in [1.29, 1.82) is 0 Å². The second-order valence-corrected chi connectivity index (χ2v) is 4.58. The Bertz CT molecular complexity index is 668. The molecule has 0 aliphatic rings. The van der Waals surface area contributed by atoms with E-state index in [9.17, 15) is 14.7 Å². The van der Waals surface area contributed by atoms with Gasteiger partial charge in [-0.2, -0.15) is 0 Å². The van der Waals surface area contributed by atoms with E-state index in [0.29, 0.717) is 24.3 Å². The Morgan fingerprint density at radius 1 is 1.29 bits per heavy atom. The molecule has 1 amide bonds. The average molecular weight is 287 g/mol. The molecule has 0 saturated heterocycles. The fourth-order valence-electron chi connectivity index (χ4n) is 2.48. The second kappa shape index (κ2) is 6.26. The van der Waals surface area contributed by atoms with Crippen molar-refractivity contribution in [1.82, 2.24) is 4.90 Å². The minimum absolute atomic E-state index is 0.320. The lowest BCUT2D eigenvalue weighted by Gasteiger charge is -2.25. The van der Waals surface area contributed by atoms with Gasteiger partial charge in [0.1, 0.15) is 5.75 Å². The van der Waals surface area contributed by atoms with E-state index in [2.05, 4.69) is 0 Å². The lowest BCUT2D eigenvalue weighted by atomic mass is 9.97. The number of rotatable bonds is 6. The van der Waals surface area contributed by atoms with Crippen LogP contribution in [0.5, 0.6) is 5.75 Å². The predicted octanol–water partition coefficient (Wildman–Crippen LogP) is 2.45. The Kier molecular flexibility index (Phi) is 4.42. The third-order valence-electron chi connectivity index (χ3n) is 3.50. The van der Waals surface area contributed by atoms with Crippen LogP contribution >= 0.6 is 0 Å². The number of benzene rings is 2. The van der Waals surface area contributed by atoms with Gasteiger partial charge in [-0.1, -0.05) is 30.3 Å². The predicted molar refractivity (Wildman–Crippen MR) is 79.3 cm³/mol. The largest absolute Gasteiger partial charge is 0.496 e. The van der Waals surface area contributed by atoms with Crippen molar-refractivity contribution in [2.75, 3.05) is 13.7 Å². The molecule has 110 valence electrons. The van der Waals surface area contributed by atoms with Gasteiger partial charge in [-0.05, 0) is 23.9 Å². The Labute approximate surface area is 122 Å². The molecule has 2 aromatic rings. The van der Waals surface area contributed by atoms with E-state index in [1.807, 2.05) is 24.3 Å². The molecule has 0 saturated carbocycles. The number of carbonyl (C=O) groups excluding carboxylic acids is 1. The monoisotopic (exact) mass is 287 g/mol. The van der Waals surface area contributed by atoms with E-state index in [1.165, 1.54) is 4.90 Å². The summed E-state index contributed by atoms with van der Waals surface area (Å²) in [6, 6.07) is 9.82. The van der Waals surface area contributed by atoms with Gasteiger partial charge in [0.15, 0.2) is 6.04 Å². The summed E-state index contributed by atoms with van der Waals surface area (Å²) in [5.41, 5.74) is 0.577. The standard InChI is InChI=1S/C16H17NO4/c1-3-17(10-18)15(16(19)20)13-8-9-14(21-2)12-7-5-4-6-11(12)13/h4-10,15H,3H2,1-2H3,(H,19,20). The van der Waals surface area contributed by atoms with E-state index in [-0.39, 0.29) is 0 Å². The fourth-order valence-corrected chi connectivity index (χ4v) is 2.48. The summed E-state index contributed by atoms with van der Waals surface area (Å²) in [4.78, 5) is 24.0. The van der Waals surface area contributed by atoms with Gasteiger partial charge in [-0.25, -0.2) is 4.79 Å². The number of methoxy groups -OCH3 is 1. The number of fused-ring (bicyclic) bond motifs is 1. The number of hydrogen-bond acceptors (Lipinski definition) is 3. The molecule has 0 aromatic heterocycles. The number of ether oxygens (including phenoxy) is 1. The maximum absolute atomic E-state index is 11.6. The zero-order valence-corrected chi connectivity index (χ0v) is 11.9. The lowest BCUT2D eigenvalue weighted by Crippen LogP contribution is -2.33. The molecule has 0 aliphatic heterocycles. The Hall–Kier alpha value is -2.56. The van der Waals surface area contributed by atoms with Gasteiger partial charge in [0, 0.05) is 11.9 Å². The molecular formula is C16H17NO4. The van der Waals surface area contributed by atoms with E-state index < -0.39 is 12.0 Å². The van der Waals surface area contributed by atoms with Crippen LogP contribution in [-0.4, -0.2) is 36.0 Å². The Morgan fingerprint density at radius 3 is 2.48 bits per heavy atom. The number of likely N-dealkylation sites (N-methyl/N-ethyl adjacent to an activating group) is 1. The molecule has 0 bridgehead atoms. The first-order valence-electron chi connectivity index (χ1n) is 6.63. The molecule has 0 aliphatic carbocycles. The van der Waals surface area contributed by atoms with Crippen LogP contribution in [0.3, 0.4) is 0 Å². The highest BCUT2D eigenvalue weighted by atomic mass is 16.5. The first-order chi connectivity index (χ1) is 10.1. The van der Waals surface area contributed by atoms with Gasteiger partial charge >= 0.3 is 5.97 Å². The second-order valence-electron chi connectivity index (χ2n) is 4.58. The third kappa shape index (κ3) is 2.67. The summed E-state index contributed by atoms with van der Waals surface area (Å²) in [6.45, 7) is 2.07. The van der Waals surface area contributed by atoms with Gasteiger partial charge < -0.3 is 14.7 Å². The van der Waals surface area contributed by atoms with Crippen LogP contribution in [0, 0.1) is 0 Å². The SMILES string of the molecule is CCN(C=O)C(C(=O)O)c1ccc(OC)c2ccccc12. The topological polar surface area (TPSA) is 66.8 Å². The molecule has 0 heterocycles. The minimum Gasteiger partial charge on any atom is -0.496 e. The zero-order valence-electron chi connectivity index (χ0n) is 11.9. The molecule has 0 spiro atoms. The third-order valence-corrected chi connectivity index (χ3v) is 3.50. The molecule has 1 atom stereocenters. The fraction of sp³-hybridized carbons (Fsp3) is 0.250. The number of carboxylic acids is 1. The summed E-state index contributed by atoms with van der Waals surface area (Å²) < 4.78 is 5.31. The molecule has 0 fully saturated rings. The molecule has 2 aromatic carbocycles. The van der Waals surface area contributed by atoms with Crippen LogP contribution in [0.1, 0.15) is 18.5 Å². The molecular weight excluding hydrogens is 270 g/mol. The molecule has 0 radical (unpaired) electrons. The van der Waals surface area contributed by atoms with E-state index in [1.54, 1.807) is 26.2 Å². The Balaban J connectivity index is 2.69. The van der Waals surface area contributed by atoms with Crippen LogP contribution in [0.2, 0.25) is 0 Å². The van der Waals surface area contributed by atoms with Crippen molar-refractivity contribution in [3.63, 3.8) is 0 Å². The molecule has 2 rings (SSSR count). The number of carbonyl (C=O) groups is 2. The molecule has 1 unspecified atom stereocenters. The Morgan fingerprint density at radius 2 is 1.95 bits per heavy atom. The molecule has 21 heavy (non-hydrogen) atoms. The highest BCUT2D eigenvalue weighted by Gasteiger charge is 2.27. The lowest BCUT2D eigenvalue weighted by molar-refractivity contribution is -0.146. The molecule has 1 N–H and O–H groups in total. The number of nitrogens with zero attached hydrogens (tertiary/aromatic N) is 1. The van der Waals surface area contributed by atoms with Crippen molar-refractivity contribution in [2.45, 2.75) is 13.0 Å². The number of carboxylic acid groups (broad SMARTS) is 1. The van der Waals surface area contributed by atoms with Crippen molar-refractivity contribution in [3.8, 4) is 5.75 Å². The maximum Gasteiger partial charge on any atom is 0.331 e. The van der Waals surface area contributed by atoms with Crippen LogP contribution in [-0.2, 0) is 9.59 Å². The molecule has 5 nitrogen and oxygen atoms in total.